The molecule has 0 aliphatic carbocycles. The fourth-order valence-electron chi connectivity index (χ4n) is 4.59. The number of benzene rings is 3. The molecule has 1 atom stereocenters. The minimum absolute atomic E-state index is 0.0513. The molecule has 36 heavy (non-hydrogen) atoms. The number of imidazole rings is 1. The fourth-order valence-corrected chi connectivity index (χ4v) is 4.59. The first-order valence-electron chi connectivity index (χ1n) is 12.1. The van der Waals surface area contributed by atoms with Crippen LogP contribution < -0.4 is 5.32 Å². The molecule has 3 N–H and O–H groups in total. The maximum atomic E-state index is 13.8. The van der Waals surface area contributed by atoms with Gasteiger partial charge in [-0.25, -0.2) is 9.37 Å². The predicted octanol–water partition coefficient (Wildman–Crippen LogP) is 4.57. The van der Waals surface area contributed by atoms with E-state index >= 15 is 0 Å². The lowest BCUT2D eigenvalue weighted by molar-refractivity contribution is 0.0756. The Bertz CT molecular complexity index is 1290. The van der Waals surface area contributed by atoms with Crippen molar-refractivity contribution < 1.29 is 19.4 Å². The summed E-state index contributed by atoms with van der Waals surface area (Å²) in [5.74, 6) is 0.0787. The predicted molar refractivity (Wildman–Crippen MR) is 139 cm³/mol. The first-order valence-corrected chi connectivity index (χ1v) is 12.1. The van der Waals surface area contributed by atoms with Gasteiger partial charge in [0, 0.05) is 25.1 Å². The number of halogens is 1. The van der Waals surface area contributed by atoms with Crippen LogP contribution in [0.15, 0.2) is 78.9 Å². The van der Waals surface area contributed by atoms with Crippen LogP contribution in [-0.4, -0.2) is 44.0 Å². The molecule has 7 heteroatoms. The number of hydrogen-bond donors (Lipinski definition) is 3. The van der Waals surface area contributed by atoms with Gasteiger partial charge in [0.05, 0.1) is 17.1 Å². The summed E-state index contributed by atoms with van der Waals surface area (Å²) >= 11 is 0. The fraction of sp³-hybridized carbons (Fsp3) is 0.310. The number of carbonyl (C=O) groups is 1. The first kappa shape index (κ1) is 25.5. The molecule has 4 rings (SSSR count). The van der Waals surface area contributed by atoms with E-state index in [0.29, 0.717) is 40.1 Å². The summed E-state index contributed by atoms with van der Waals surface area (Å²) in [7, 11) is 0. The van der Waals surface area contributed by atoms with E-state index < -0.39 is 17.4 Å². The normalized spacial score (nSPS) is 13.1. The van der Waals surface area contributed by atoms with Gasteiger partial charge in [0.2, 0.25) is 0 Å². The average molecular weight is 490 g/mol. The highest BCUT2D eigenvalue weighted by atomic mass is 19.1. The van der Waals surface area contributed by atoms with Gasteiger partial charge in [-0.2, -0.15) is 0 Å². The van der Waals surface area contributed by atoms with Gasteiger partial charge >= 0.3 is 0 Å². The number of nitrogens with one attached hydrogen (secondary N) is 1. The van der Waals surface area contributed by atoms with Crippen LogP contribution >= 0.6 is 0 Å². The van der Waals surface area contributed by atoms with Crippen LogP contribution in [0.5, 0.6) is 0 Å². The highest BCUT2D eigenvalue weighted by molar-refractivity contribution is 5.97. The van der Waals surface area contributed by atoms with Crippen LogP contribution in [0.2, 0.25) is 0 Å². The van der Waals surface area contributed by atoms with Crippen LogP contribution in [0.25, 0.3) is 11.0 Å². The van der Waals surface area contributed by atoms with Crippen LogP contribution in [0.4, 0.5) is 4.39 Å². The molecule has 1 amide bonds. The third-order valence-corrected chi connectivity index (χ3v) is 6.25. The number of aryl methyl sites for hydroxylation is 1. The summed E-state index contributed by atoms with van der Waals surface area (Å²) < 4.78 is 15.7. The molecule has 0 saturated carbocycles. The molecule has 1 heterocycles. The molecule has 1 aromatic heterocycles. The summed E-state index contributed by atoms with van der Waals surface area (Å²) in [5.41, 5.74) is 0.0694. The molecule has 0 aliphatic heterocycles. The van der Waals surface area contributed by atoms with Crippen LogP contribution in [0.1, 0.15) is 54.5 Å². The molecule has 188 valence electrons. The van der Waals surface area contributed by atoms with Crippen molar-refractivity contribution in [3.63, 3.8) is 0 Å². The molecule has 0 bridgehead atoms. The van der Waals surface area contributed by atoms with Crippen LogP contribution in [-0.2, 0) is 12.1 Å². The minimum Gasteiger partial charge on any atom is -0.391 e. The summed E-state index contributed by atoms with van der Waals surface area (Å²) in [6, 6.07) is 23.9. The number of carbonyl (C=O) groups excluding carboxylic acids is 1. The molecule has 3 aromatic carbocycles. The number of alkyl halides is 1. The molecule has 0 spiro atoms. The van der Waals surface area contributed by atoms with Crippen LogP contribution in [0, 0.1) is 0 Å². The molecular formula is C29H32FN3O3. The zero-order valence-electron chi connectivity index (χ0n) is 20.8. The van der Waals surface area contributed by atoms with Gasteiger partial charge in [0.25, 0.3) is 5.91 Å². The summed E-state index contributed by atoms with van der Waals surface area (Å²) in [4.78, 5) is 17.6. The number of nitrogens with zero attached hydrogens (tertiary/aromatic N) is 2. The van der Waals surface area contributed by atoms with E-state index in [1.54, 1.807) is 18.2 Å². The summed E-state index contributed by atoms with van der Waals surface area (Å²) in [6.07, 6.45) is -1.06. The molecule has 0 radical (unpaired) electrons. The lowest BCUT2D eigenvalue weighted by atomic mass is 9.85. The Morgan fingerprint density at radius 1 is 1.03 bits per heavy atom. The molecule has 4 aromatic rings. The molecule has 0 saturated heterocycles. The van der Waals surface area contributed by atoms with Gasteiger partial charge in [0.15, 0.2) is 11.4 Å². The van der Waals surface area contributed by atoms with E-state index in [1.807, 2.05) is 72.2 Å². The Morgan fingerprint density at radius 2 is 1.61 bits per heavy atom. The van der Waals surface area contributed by atoms with Crippen molar-refractivity contribution in [3.8, 4) is 0 Å². The van der Waals surface area contributed by atoms with Gasteiger partial charge in [-0.05, 0) is 50.1 Å². The second kappa shape index (κ2) is 10.2. The highest BCUT2D eigenvalue weighted by Gasteiger charge is 2.38. The third-order valence-electron chi connectivity index (χ3n) is 6.25. The van der Waals surface area contributed by atoms with Crippen molar-refractivity contribution >= 4 is 16.9 Å². The Morgan fingerprint density at radius 3 is 2.14 bits per heavy atom. The van der Waals surface area contributed by atoms with Crippen molar-refractivity contribution in [2.24, 2.45) is 0 Å². The summed E-state index contributed by atoms with van der Waals surface area (Å²) in [6.45, 7) is 5.21. The Hall–Kier alpha value is -3.55. The number of aliphatic hydroxyl groups excluding tert-OH is 1. The smallest absolute Gasteiger partial charge is 0.251 e. The minimum atomic E-state index is -1.53. The molecule has 6 nitrogen and oxygen atoms in total. The number of aliphatic hydroxyl groups is 2. The highest BCUT2D eigenvalue weighted by Crippen LogP contribution is 2.37. The van der Waals surface area contributed by atoms with Gasteiger partial charge in [-0.3, -0.25) is 4.79 Å². The van der Waals surface area contributed by atoms with E-state index in [4.69, 9.17) is 4.98 Å². The molecule has 0 aliphatic rings. The second-order valence-electron chi connectivity index (χ2n) is 9.61. The van der Waals surface area contributed by atoms with E-state index in [9.17, 15) is 19.4 Å². The lowest BCUT2D eigenvalue weighted by Gasteiger charge is -2.29. The first-order chi connectivity index (χ1) is 17.1. The van der Waals surface area contributed by atoms with Gasteiger partial charge in [0.1, 0.15) is 5.67 Å². The zero-order valence-corrected chi connectivity index (χ0v) is 20.8. The maximum Gasteiger partial charge on any atom is 0.251 e. The largest absolute Gasteiger partial charge is 0.391 e. The average Bonchev–Trinajstić information content (AvgIpc) is 3.25. The lowest BCUT2D eigenvalue weighted by Crippen LogP contribution is -2.35. The second-order valence-corrected chi connectivity index (χ2v) is 9.61. The van der Waals surface area contributed by atoms with Crippen LogP contribution in [0.3, 0.4) is 0 Å². The van der Waals surface area contributed by atoms with Crippen molar-refractivity contribution in [2.45, 2.75) is 51.1 Å². The Labute approximate surface area is 210 Å². The van der Waals surface area contributed by atoms with E-state index in [0.717, 1.165) is 0 Å². The third kappa shape index (κ3) is 5.17. The van der Waals surface area contributed by atoms with Gasteiger partial charge < -0.3 is 20.1 Å². The topological polar surface area (TPSA) is 87.4 Å². The Balaban J connectivity index is 1.74. The van der Waals surface area contributed by atoms with E-state index in [-0.39, 0.29) is 18.9 Å². The number of hydrogen-bond acceptors (Lipinski definition) is 4. The number of aromatic nitrogens is 2. The van der Waals surface area contributed by atoms with Gasteiger partial charge in [-0.15, -0.1) is 0 Å². The molecule has 0 fully saturated rings. The maximum absolute atomic E-state index is 13.8. The van der Waals surface area contributed by atoms with Crippen molar-refractivity contribution in [3.05, 3.63) is 101 Å². The standard InChI is InChI=1S/C29H32FN3O3/c1-4-33-25-17-20(26(35)31-19-23(34)18-28(2,3)30)15-16-24(25)32-27(33)29(36,21-11-7-5-8-12-21)22-13-9-6-10-14-22/h5-17,23,34,36H,4,18-19H2,1-3H3,(H,31,35)/t23-/m1/s1. The van der Waals surface area contributed by atoms with Crippen molar-refractivity contribution in [2.75, 3.05) is 6.54 Å². The van der Waals surface area contributed by atoms with Crippen molar-refractivity contribution in [1.29, 1.82) is 0 Å². The Kier molecular flexibility index (Phi) is 7.24. The monoisotopic (exact) mass is 489 g/mol. The number of fused-ring (bicyclic) bond motifs is 1. The number of rotatable bonds is 9. The van der Waals surface area contributed by atoms with E-state index in [1.165, 1.54) is 13.8 Å². The quantitative estimate of drug-likeness (QED) is 0.321. The summed E-state index contributed by atoms with van der Waals surface area (Å²) in [5, 5.41) is 25.0. The number of amides is 1. The van der Waals surface area contributed by atoms with Gasteiger partial charge in [-0.1, -0.05) is 60.7 Å². The van der Waals surface area contributed by atoms with Crippen molar-refractivity contribution in [1.82, 2.24) is 14.9 Å². The molecule has 0 unspecified atom stereocenters. The molecular weight excluding hydrogens is 457 g/mol. The zero-order chi connectivity index (χ0) is 25.9. The SMILES string of the molecule is CCn1c(C(O)(c2ccccc2)c2ccccc2)nc2ccc(C(=O)NC[C@H](O)CC(C)(C)F)cc21. The van der Waals surface area contributed by atoms with E-state index in [2.05, 4.69) is 5.32 Å².